The number of alkyl halides is 3. The molecule has 2 saturated carbocycles. The van der Waals surface area contributed by atoms with E-state index in [9.17, 15) is 17.6 Å². The van der Waals surface area contributed by atoms with Crippen molar-refractivity contribution in [1.82, 2.24) is 0 Å². The van der Waals surface area contributed by atoms with E-state index in [0.29, 0.717) is 5.92 Å². The smallest absolute Gasteiger partial charge is 0.486 e. The molecule has 2 fully saturated rings. The molecule has 0 aromatic heterocycles. The predicted octanol–water partition coefficient (Wildman–Crippen LogP) is 5.55. The van der Waals surface area contributed by atoms with Crippen LogP contribution < -0.4 is 9.47 Å². The molecule has 0 aliphatic heterocycles. The zero-order valence-electron chi connectivity index (χ0n) is 13.2. The van der Waals surface area contributed by atoms with Crippen molar-refractivity contribution in [3.8, 4) is 11.5 Å². The number of benzene rings is 1. The Hall–Kier alpha value is -1.72. The van der Waals surface area contributed by atoms with Gasteiger partial charge in [0.15, 0.2) is 11.6 Å². The molecular weight excluding hydrogens is 324 g/mol. The highest BCUT2D eigenvalue weighted by molar-refractivity contribution is 5.45. The maximum Gasteiger partial charge on any atom is 0.573 e. The first-order chi connectivity index (χ1) is 11.4. The van der Waals surface area contributed by atoms with Crippen molar-refractivity contribution in [1.29, 1.82) is 0 Å². The molecule has 0 heterocycles. The monoisotopic (exact) mass is 344 g/mol. The molecule has 24 heavy (non-hydrogen) atoms. The van der Waals surface area contributed by atoms with Crippen molar-refractivity contribution in [3.05, 3.63) is 35.7 Å². The first kappa shape index (κ1) is 17.1. The third kappa shape index (κ3) is 4.65. The third-order valence-corrected chi connectivity index (χ3v) is 4.32. The van der Waals surface area contributed by atoms with Crippen molar-refractivity contribution in [2.45, 2.75) is 57.4 Å². The highest BCUT2D eigenvalue weighted by Gasteiger charge is 2.35. The molecule has 2 aliphatic carbocycles. The van der Waals surface area contributed by atoms with Crippen LogP contribution in [0, 0.1) is 11.7 Å². The van der Waals surface area contributed by atoms with E-state index >= 15 is 0 Å². The quantitative estimate of drug-likeness (QED) is 0.497. The molecule has 0 atom stereocenters. The second-order valence-corrected chi connectivity index (χ2v) is 6.41. The van der Waals surface area contributed by atoms with E-state index in [0.717, 1.165) is 38.5 Å². The zero-order valence-corrected chi connectivity index (χ0v) is 13.2. The largest absolute Gasteiger partial charge is 0.573 e. The number of hydrogen-bond donors (Lipinski definition) is 0. The van der Waals surface area contributed by atoms with E-state index in [1.807, 2.05) is 6.08 Å². The molecule has 0 unspecified atom stereocenters. The number of halogens is 4. The van der Waals surface area contributed by atoms with E-state index in [4.69, 9.17) is 4.74 Å². The molecule has 1 aromatic carbocycles. The summed E-state index contributed by atoms with van der Waals surface area (Å²) in [5, 5.41) is 0. The summed E-state index contributed by atoms with van der Waals surface area (Å²) in [6.45, 7) is 0. The summed E-state index contributed by atoms with van der Waals surface area (Å²) in [7, 11) is 0. The standard InChI is InChI=1S/C18H20F4O2/c19-16-13(5-3-4-12-8-9-12)10-11-15(17(16)24-18(20,21)22)23-14-6-1-2-7-14/h3-4,10-12,14H,1-2,5-9H2/b4-3+. The van der Waals surface area contributed by atoms with Gasteiger partial charge >= 0.3 is 6.36 Å². The van der Waals surface area contributed by atoms with E-state index in [1.165, 1.54) is 12.1 Å². The van der Waals surface area contributed by atoms with Crippen LogP contribution in [0.4, 0.5) is 17.6 Å². The van der Waals surface area contributed by atoms with Crippen LogP contribution in [0.3, 0.4) is 0 Å². The van der Waals surface area contributed by atoms with Gasteiger partial charge < -0.3 is 9.47 Å². The van der Waals surface area contributed by atoms with Gasteiger partial charge in [0.25, 0.3) is 0 Å². The zero-order chi connectivity index (χ0) is 17.2. The summed E-state index contributed by atoms with van der Waals surface area (Å²) in [4.78, 5) is 0. The second kappa shape index (κ2) is 7.03. The third-order valence-electron chi connectivity index (χ3n) is 4.32. The van der Waals surface area contributed by atoms with Crippen molar-refractivity contribution in [2.24, 2.45) is 5.92 Å². The van der Waals surface area contributed by atoms with Crippen LogP contribution in [0.25, 0.3) is 0 Å². The van der Waals surface area contributed by atoms with Crippen LogP contribution in [-0.2, 0) is 6.42 Å². The van der Waals surface area contributed by atoms with E-state index in [-0.39, 0.29) is 23.8 Å². The van der Waals surface area contributed by atoms with Crippen LogP contribution in [-0.4, -0.2) is 12.5 Å². The van der Waals surface area contributed by atoms with Crippen LogP contribution in [0.5, 0.6) is 11.5 Å². The van der Waals surface area contributed by atoms with Gasteiger partial charge in [-0.2, -0.15) is 0 Å². The van der Waals surface area contributed by atoms with Crippen molar-refractivity contribution < 1.29 is 27.0 Å². The first-order valence-corrected chi connectivity index (χ1v) is 8.33. The predicted molar refractivity (Wildman–Crippen MR) is 81.5 cm³/mol. The molecule has 0 spiro atoms. The molecule has 0 saturated heterocycles. The van der Waals surface area contributed by atoms with Crippen LogP contribution in [0.2, 0.25) is 0 Å². The lowest BCUT2D eigenvalue weighted by molar-refractivity contribution is -0.276. The second-order valence-electron chi connectivity index (χ2n) is 6.41. The van der Waals surface area contributed by atoms with Gasteiger partial charge in [0.2, 0.25) is 5.75 Å². The fourth-order valence-corrected chi connectivity index (χ4v) is 2.90. The van der Waals surface area contributed by atoms with Crippen LogP contribution in [0.1, 0.15) is 44.1 Å². The van der Waals surface area contributed by atoms with Gasteiger partial charge in [-0.1, -0.05) is 18.2 Å². The number of allylic oxidation sites excluding steroid dienone is 2. The first-order valence-electron chi connectivity index (χ1n) is 8.33. The summed E-state index contributed by atoms with van der Waals surface area (Å²) in [5.74, 6) is -1.49. The van der Waals surface area contributed by atoms with Crippen LogP contribution in [0.15, 0.2) is 24.3 Å². The molecule has 6 heteroatoms. The lowest BCUT2D eigenvalue weighted by atomic mass is 10.1. The van der Waals surface area contributed by atoms with Gasteiger partial charge in [-0.25, -0.2) is 4.39 Å². The van der Waals surface area contributed by atoms with Crippen molar-refractivity contribution >= 4 is 0 Å². The van der Waals surface area contributed by atoms with Gasteiger partial charge in [0.1, 0.15) is 0 Å². The molecule has 2 aliphatic rings. The maximum atomic E-state index is 14.5. The van der Waals surface area contributed by atoms with E-state index in [1.54, 1.807) is 6.08 Å². The minimum atomic E-state index is -4.96. The molecule has 0 radical (unpaired) electrons. The normalized spacial score (nSPS) is 19.2. The van der Waals surface area contributed by atoms with E-state index < -0.39 is 17.9 Å². The van der Waals surface area contributed by atoms with Crippen molar-refractivity contribution in [2.75, 3.05) is 0 Å². The molecule has 0 amide bonds. The lowest BCUT2D eigenvalue weighted by Crippen LogP contribution is -2.20. The summed E-state index contributed by atoms with van der Waals surface area (Å²) in [6.07, 6.45) is 4.57. The molecular formula is C18H20F4O2. The molecule has 1 aromatic rings. The Balaban J connectivity index is 1.81. The number of ether oxygens (including phenoxy) is 2. The Kier molecular flexibility index (Phi) is 5.01. The van der Waals surface area contributed by atoms with Gasteiger partial charge in [-0.3, -0.25) is 0 Å². The Bertz CT molecular complexity index is 600. The Morgan fingerprint density at radius 1 is 1.08 bits per heavy atom. The Morgan fingerprint density at radius 2 is 1.79 bits per heavy atom. The Labute approximate surface area is 138 Å². The average Bonchev–Trinajstić information content (AvgIpc) is 3.18. The molecule has 0 N–H and O–H groups in total. The maximum absolute atomic E-state index is 14.5. The van der Waals surface area contributed by atoms with Crippen molar-refractivity contribution in [3.63, 3.8) is 0 Å². The minimum absolute atomic E-state index is 0.171. The minimum Gasteiger partial charge on any atom is -0.486 e. The highest BCUT2D eigenvalue weighted by atomic mass is 19.4. The highest BCUT2D eigenvalue weighted by Crippen LogP contribution is 2.39. The van der Waals surface area contributed by atoms with Crippen LogP contribution >= 0.6 is 0 Å². The van der Waals surface area contributed by atoms with Gasteiger partial charge in [-0.05, 0) is 62.5 Å². The molecule has 3 rings (SSSR count). The SMILES string of the molecule is Fc1c(C/C=C/C2CC2)ccc(OC2CCCC2)c1OC(F)(F)F. The number of rotatable bonds is 6. The molecule has 0 bridgehead atoms. The number of hydrogen-bond acceptors (Lipinski definition) is 2. The fraction of sp³-hybridized carbons (Fsp3) is 0.556. The fourth-order valence-electron chi connectivity index (χ4n) is 2.90. The summed E-state index contributed by atoms with van der Waals surface area (Å²) >= 11 is 0. The van der Waals surface area contributed by atoms with Gasteiger partial charge in [0.05, 0.1) is 6.10 Å². The van der Waals surface area contributed by atoms with Gasteiger partial charge in [0, 0.05) is 0 Å². The lowest BCUT2D eigenvalue weighted by Gasteiger charge is -2.19. The summed E-state index contributed by atoms with van der Waals surface area (Å²) < 4.78 is 62.0. The summed E-state index contributed by atoms with van der Waals surface area (Å²) in [6, 6.07) is 2.85. The van der Waals surface area contributed by atoms with Gasteiger partial charge in [-0.15, -0.1) is 13.2 Å². The van der Waals surface area contributed by atoms with E-state index in [2.05, 4.69) is 4.74 Å². The summed E-state index contributed by atoms with van der Waals surface area (Å²) in [5.41, 5.74) is 0.171. The topological polar surface area (TPSA) is 18.5 Å². The molecule has 2 nitrogen and oxygen atoms in total. The Morgan fingerprint density at radius 3 is 2.42 bits per heavy atom. The molecule has 132 valence electrons. The average molecular weight is 344 g/mol.